The van der Waals surface area contributed by atoms with Crippen LogP contribution in [0.25, 0.3) is 0 Å². The van der Waals surface area contributed by atoms with E-state index in [2.05, 4.69) is 137 Å². The molecule has 0 unspecified atom stereocenters. The predicted molar refractivity (Wildman–Crippen MR) is 243 cm³/mol. The van der Waals surface area contributed by atoms with Gasteiger partial charge in [-0.2, -0.15) is 0 Å². The Balaban J connectivity index is 1.44. The third-order valence-corrected chi connectivity index (χ3v) is 20.6. The Morgan fingerprint density at radius 3 is 1.66 bits per heavy atom. The highest BCUT2D eigenvalue weighted by atomic mass is 127. The van der Waals surface area contributed by atoms with Gasteiger partial charge in [-0.1, -0.05) is 138 Å². The lowest BCUT2D eigenvalue weighted by Crippen LogP contribution is -2.77. The summed E-state index contributed by atoms with van der Waals surface area (Å²) in [5, 5.41) is 2.79. The van der Waals surface area contributed by atoms with Gasteiger partial charge in [0.25, 0.3) is 0 Å². The number of fused-ring (bicyclic) bond motifs is 1. The van der Waals surface area contributed by atoms with E-state index in [1.165, 1.54) is 0 Å². The number of anilines is 7. The lowest BCUT2D eigenvalue weighted by atomic mass is 10.1. The van der Waals surface area contributed by atoms with Crippen molar-refractivity contribution in [2.45, 2.75) is 5.73 Å². The Labute approximate surface area is 347 Å². The number of rotatable bonds is 4. The smallest absolute Gasteiger partial charge is 0.368 e. The molecule has 0 aromatic heterocycles. The number of nitrogens with zero attached hydrogens (tertiary/aromatic N) is 3. The molecule has 4 aliphatic rings. The average molecular weight is 1020 g/mol. The molecule has 0 saturated heterocycles. The monoisotopic (exact) mass is 1010 g/mol. The molecule has 262 valence electrons. The Bertz CT molecular complexity index is 2580. The van der Waals surface area contributed by atoms with Gasteiger partial charge < -0.3 is 19.0 Å². The highest BCUT2D eigenvalue weighted by Crippen LogP contribution is 2.58. The van der Waals surface area contributed by atoms with Crippen molar-refractivity contribution in [1.82, 2.24) is 0 Å². The molecule has 53 heavy (non-hydrogen) atoms. The standard InChI is InChI=1S/C41H25Cl4I2N3O2Si/c1-46-23-31-36-41-51-37-34(44)32(42)33(43)35(45)38(37)52-53(41)39-27(19-11-20-28(39)49(31)25-15-7-3-8-16-25)48(24-13-5-2-6-14-24)29-21-12-22-30(40(29)53)50(47-36)26-17-9-4-10-18-26/h2-23,41H,1H2/b31-23+/t41-,53+/m1/s1. The zero-order chi connectivity index (χ0) is 36.0. The van der Waals surface area contributed by atoms with Gasteiger partial charge in [0.1, 0.15) is 10.0 Å². The van der Waals surface area contributed by atoms with E-state index in [1.54, 1.807) is 0 Å². The zero-order valence-electron chi connectivity index (χ0n) is 27.4. The maximum absolute atomic E-state index is 7.79. The van der Waals surface area contributed by atoms with Gasteiger partial charge in [0.2, 0.25) is 0 Å². The first kappa shape index (κ1) is 34.2. The quantitative estimate of drug-likeness (QED) is 0.0577. The molecule has 10 rings (SSSR count). The van der Waals surface area contributed by atoms with Gasteiger partial charge in [0.05, 0.1) is 47.7 Å². The van der Waals surface area contributed by atoms with E-state index >= 15 is 0 Å². The summed E-state index contributed by atoms with van der Waals surface area (Å²) in [5.74, 6) is 0.627. The fraction of sp³-hybridized carbons (Fsp3) is 0.0244. The summed E-state index contributed by atoms with van der Waals surface area (Å²) in [6, 6.07) is 44.8. The van der Waals surface area contributed by atoms with Gasteiger partial charge in [0, 0.05) is 42.8 Å². The number of hydrogen-bond donors (Lipinski definition) is 0. The number of hydrogen-bond acceptors (Lipinski definition) is 5. The van der Waals surface area contributed by atoms with Crippen molar-refractivity contribution in [2.75, 3.05) is 12.9 Å². The second kappa shape index (κ2) is 13.1. The van der Waals surface area contributed by atoms with Crippen LogP contribution < -0.4 is 32.4 Å². The summed E-state index contributed by atoms with van der Waals surface area (Å²) < 4.78 is 25.7. The van der Waals surface area contributed by atoms with Crippen LogP contribution in [0.5, 0.6) is 11.5 Å². The van der Waals surface area contributed by atoms with Crippen molar-refractivity contribution < 1.29 is 9.16 Å². The molecule has 1 spiro atoms. The molecule has 4 aliphatic heterocycles. The minimum Gasteiger partial charge on any atom is -0.527 e. The minimum absolute atomic E-state index is 0.132. The first-order valence-electron chi connectivity index (χ1n) is 16.6. The molecule has 6 aromatic rings. The molecule has 6 aromatic carbocycles. The summed E-state index contributed by atoms with van der Waals surface area (Å²) in [6.45, 7) is 0. The molecule has 5 nitrogen and oxygen atoms in total. The normalized spacial score (nSPS) is 19.8. The predicted octanol–water partition coefficient (Wildman–Crippen LogP) is 12.1. The molecule has 2 bridgehead atoms. The molecule has 0 amide bonds. The summed E-state index contributed by atoms with van der Waals surface area (Å²) in [6.07, 6.45) is 0. The van der Waals surface area contributed by atoms with Crippen molar-refractivity contribution in [1.29, 1.82) is 0 Å². The second-order valence-electron chi connectivity index (χ2n) is 12.6. The van der Waals surface area contributed by atoms with E-state index in [0.717, 1.165) is 59.4 Å². The van der Waals surface area contributed by atoms with Crippen LogP contribution in [0.3, 0.4) is 0 Å². The van der Waals surface area contributed by atoms with Crippen LogP contribution in [0.4, 0.5) is 39.8 Å². The van der Waals surface area contributed by atoms with Gasteiger partial charge in [0.15, 0.2) is 17.2 Å². The fourth-order valence-corrected chi connectivity index (χ4v) is 19.8. The van der Waals surface area contributed by atoms with E-state index in [1.807, 2.05) is 12.1 Å². The second-order valence-corrected chi connectivity index (χ2v) is 21.5. The number of para-hydroxylation sites is 3. The Morgan fingerprint density at radius 2 is 1.08 bits per heavy atom. The summed E-state index contributed by atoms with van der Waals surface area (Å²) in [5.41, 5.74) is 7.84. The van der Waals surface area contributed by atoms with Crippen LogP contribution in [-0.4, -0.2) is 22.1 Å². The van der Waals surface area contributed by atoms with Gasteiger partial charge >= 0.3 is 8.32 Å². The molecular formula is C41H25Cl4I2N3O2Si. The van der Waals surface area contributed by atoms with Crippen molar-refractivity contribution in [2.24, 2.45) is 0 Å². The molecule has 12 heteroatoms. The summed E-state index contributed by atoms with van der Waals surface area (Å²) in [4.78, 5) is 4.77. The number of benzene rings is 6. The number of ether oxygens (including phenoxy) is 1. The van der Waals surface area contributed by atoms with Gasteiger partial charge in [-0.15, -0.1) is 0 Å². The first-order chi connectivity index (χ1) is 25.9. The van der Waals surface area contributed by atoms with E-state index in [4.69, 9.17) is 55.6 Å². The van der Waals surface area contributed by atoms with E-state index < -0.39 is 55.8 Å². The van der Waals surface area contributed by atoms with Crippen LogP contribution in [0.1, 0.15) is 0 Å². The van der Waals surface area contributed by atoms with Gasteiger partial charge in [-0.05, 0) is 64.7 Å². The first-order valence-corrected chi connectivity index (χ1v) is 24.9. The van der Waals surface area contributed by atoms with Crippen molar-refractivity contribution in [3.63, 3.8) is 0 Å². The number of halogens is 6. The maximum Gasteiger partial charge on any atom is 0.368 e. The highest BCUT2D eigenvalue weighted by molar-refractivity contribution is 14.2. The minimum atomic E-state index is -3.66. The Kier molecular flexibility index (Phi) is 8.47. The van der Waals surface area contributed by atoms with E-state index in [0.29, 0.717) is 11.5 Å². The molecule has 0 N–H and O–H groups in total. The molecule has 4 heterocycles. The van der Waals surface area contributed by atoms with Gasteiger partial charge in [-0.25, -0.2) is 0 Å². The SMILES string of the molecule is C=I/C=C1\C2=IN(c3ccccc3)c3cccc4c3[Si@@]3(Oc5c(Cl)c(Cl)c(Cl)c(Cl)c5O[C@@H]23)c2c(cccc2N4c2ccccc2)N1c1ccccc1. The Morgan fingerprint density at radius 1 is 0.585 bits per heavy atom. The van der Waals surface area contributed by atoms with E-state index in [-0.39, 0.29) is 20.1 Å². The largest absolute Gasteiger partial charge is 0.527 e. The van der Waals surface area contributed by atoms with Crippen molar-refractivity contribution in [3.8, 4) is 11.5 Å². The lowest BCUT2D eigenvalue weighted by Gasteiger charge is -2.48. The van der Waals surface area contributed by atoms with E-state index in [9.17, 15) is 0 Å². The molecule has 0 radical (unpaired) electrons. The third kappa shape index (κ3) is 4.92. The Hall–Kier alpha value is -3.36. The molecular weight excluding hydrogens is 990 g/mol. The topological polar surface area (TPSA) is 28.2 Å². The maximum atomic E-state index is 7.79. The molecule has 0 fully saturated rings. The highest BCUT2D eigenvalue weighted by Gasteiger charge is 2.66. The van der Waals surface area contributed by atoms with Crippen LogP contribution >= 0.6 is 88.1 Å². The van der Waals surface area contributed by atoms with Crippen LogP contribution in [0.15, 0.2) is 137 Å². The van der Waals surface area contributed by atoms with Crippen molar-refractivity contribution >= 4 is 155 Å². The van der Waals surface area contributed by atoms with Crippen LogP contribution in [0, 0.1) is 0 Å². The third-order valence-electron chi connectivity index (χ3n) is 9.85. The van der Waals surface area contributed by atoms with Gasteiger partial charge in [-0.3, -0.25) is 3.11 Å². The molecule has 2 atom stereocenters. The lowest BCUT2D eigenvalue weighted by molar-refractivity contribution is 0.279. The average Bonchev–Trinajstić information content (AvgIpc) is 3.39. The van der Waals surface area contributed by atoms with Crippen LogP contribution in [-0.2, 0) is 0 Å². The van der Waals surface area contributed by atoms with Crippen molar-refractivity contribution in [3.05, 3.63) is 157 Å². The molecule has 0 saturated carbocycles. The molecule has 0 aliphatic carbocycles. The fourth-order valence-electron chi connectivity index (χ4n) is 7.82. The summed E-state index contributed by atoms with van der Waals surface area (Å²) in [7, 11) is -3.66. The summed E-state index contributed by atoms with van der Waals surface area (Å²) >= 11 is 26.1. The van der Waals surface area contributed by atoms with Crippen LogP contribution in [0.2, 0.25) is 20.1 Å². The zero-order valence-corrected chi connectivity index (χ0v) is 35.8.